The predicted molar refractivity (Wildman–Crippen MR) is 129 cm³/mol. The van der Waals surface area contributed by atoms with Gasteiger partial charge >= 0.3 is 0 Å². The van der Waals surface area contributed by atoms with Crippen LogP contribution in [-0.2, 0) is 6.42 Å². The van der Waals surface area contributed by atoms with Gasteiger partial charge < -0.3 is 15.0 Å². The van der Waals surface area contributed by atoms with Crippen LogP contribution in [0.5, 0.6) is 0 Å². The number of likely N-dealkylation sites (tertiary alicyclic amines) is 1. The fourth-order valence-electron chi connectivity index (χ4n) is 4.78. The Morgan fingerprint density at radius 2 is 1.97 bits per heavy atom. The van der Waals surface area contributed by atoms with Gasteiger partial charge in [0.15, 0.2) is 5.65 Å². The number of H-pyrrole nitrogens is 2. The van der Waals surface area contributed by atoms with E-state index in [0.29, 0.717) is 48.9 Å². The molecule has 10 nitrogen and oxygen atoms in total. The number of hydrogen-bond donors (Lipinski definition) is 3. The van der Waals surface area contributed by atoms with E-state index in [0.717, 1.165) is 22.2 Å². The number of aliphatic hydroxyl groups is 1. The van der Waals surface area contributed by atoms with Crippen molar-refractivity contribution in [1.82, 2.24) is 34.8 Å². The molecule has 0 saturated carbocycles. The molecule has 0 aliphatic carbocycles. The van der Waals surface area contributed by atoms with Crippen LogP contribution in [0.2, 0.25) is 0 Å². The lowest BCUT2D eigenvalue weighted by molar-refractivity contribution is -0.0162. The van der Waals surface area contributed by atoms with Gasteiger partial charge in [-0.05, 0) is 42.7 Å². The lowest BCUT2D eigenvalue weighted by Crippen LogP contribution is -2.47. The minimum absolute atomic E-state index is 0.0430. The summed E-state index contributed by atoms with van der Waals surface area (Å²) in [6, 6.07) is 13.2. The summed E-state index contributed by atoms with van der Waals surface area (Å²) in [4.78, 5) is 33.6. The lowest BCUT2D eigenvalue weighted by Gasteiger charge is -2.38. The van der Waals surface area contributed by atoms with Gasteiger partial charge in [-0.15, -0.1) is 0 Å². The highest BCUT2D eigenvalue weighted by Gasteiger charge is 2.34. The van der Waals surface area contributed by atoms with Gasteiger partial charge in [0.2, 0.25) is 0 Å². The molecule has 1 saturated heterocycles. The van der Waals surface area contributed by atoms with E-state index in [1.54, 1.807) is 15.8 Å². The highest BCUT2D eigenvalue weighted by Crippen LogP contribution is 2.28. The molecule has 1 aliphatic heterocycles. The van der Waals surface area contributed by atoms with Crippen LogP contribution in [0, 0.1) is 0 Å². The quantitative estimate of drug-likeness (QED) is 0.370. The number of fused-ring (bicyclic) bond motifs is 2. The Kier molecular flexibility index (Phi) is 4.96. The molecule has 0 spiro atoms. The number of carbonyl (C=O) groups is 1. The van der Waals surface area contributed by atoms with Gasteiger partial charge in [-0.2, -0.15) is 10.2 Å². The van der Waals surface area contributed by atoms with E-state index in [1.165, 1.54) is 12.5 Å². The molecule has 1 fully saturated rings. The number of carbonyl (C=O) groups excluding carboxylic acids is 1. The zero-order valence-electron chi connectivity index (χ0n) is 18.8. The zero-order valence-corrected chi connectivity index (χ0v) is 18.8. The first-order valence-corrected chi connectivity index (χ1v) is 11.4. The van der Waals surface area contributed by atoms with Gasteiger partial charge in [-0.1, -0.05) is 18.2 Å². The number of benzene rings is 2. The Balaban J connectivity index is 1.17. The molecule has 5 aromatic rings. The average Bonchev–Trinajstić information content (AvgIpc) is 3.51. The van der Waals surface area contributed by atoms with Gasteiger partial charge in [-0.3, -0.25) is 14.7 Å². The number of hydrogen-bond acceptors (Lipinski definition) is 6. The third-order valence-electron chi connectivity index (χ3n) is 6.73. The SMILES string of the molecule is O=C(c1ccc2cn[nH]c2c1)N1CCC(O)(Cc2cccc(-n3ncc4c(=O)[nH]cnc43)c2)CC1. The largest absolute Gasteiger partial charge is 0.389 e. The minimum Gasteiger partial charge on any atom is -0.389 e. The summed E-state index contributed by atoms with van der Waals surface area (Å²) in [5, 5.41) is 23.9. The van der Waals surface area contributed by atoms with Crippen molar-refractivity contribution in [3.63, 3.8) is 0 Å². The predicted octanol–water partition coefficient (Wildman–Crippen LogP) is 2.19. The van der Waals surface area contributed by atoms with Crippen molar-refractivity contribution in [3.8, 4) is 5.69 Å². The zero-order chi connectivity index (χ0) is 24.0. The molecule has 6 rings (SSSR count). The Morgan fingerprint density at radius 3 is 2.83 bits per heavy atom. The summed E-state index contributed by atoms with van der Waals surface area (Å²) in [6.45, 7) is 0.957. The molecule has 0 unspecified atom stereocenters. The van der Waals surface area contributed by atoms with E-state index in [1.807, 2.05) is 42.5 Å². The van der Waals surface area contributed by atoms with Crippen molar-refractivity contribution in [3.05, 3.63) is 82.7 Å². The van der Waals surface area contributed by atoms with Crippen molar-refractivity contribution >= 4 is 27.8 Å². The minimum atomic E-state index is -0.912. The van der Waals surface area contributed by atoms with Gasteiger partial charge in [0, 0.05) is 30.5 Å². The third-order valence-corrected chi connectivity index (χ3v) is 6.73. The maximum absolute atomic E-state index is 13.0. The molecule has 2 aromatic carbocycles. The highest BCUT2D eigenvalue weighted by atomic mass is 16.3. The second kappa shape index (κ2) is 8.17. The van der Waals surface area contributed by atoms with Crippen LogP contribution in [0.3, 0.4) is 0 Å². The van der Waals surface area contributed by atoms with Crippen molar-refractivity contribution in [2.45, 2.75) is 24.9 Å². The molecule has 0 atom stereocenters. The molecule has 10 heteroatoms. The van der Waals surface area contributed by atoms with Crippen LogP contribution in [-0.4, -0.2) is 64.5 Å². The second-order valence-corrected chi connectivity index (χ2v) is 9.06. The first kappa shape index (κ1) is 21.2. The molecule has 1 aliphatic rings. The van der Waals surface area contributed by atoms with Crippen LogP contribution in [0.25, 0.3) is 27.6 Å². The number of aromatic nitrogens is 6. The van der Waals surface area contributed by atoms with Crippen molar-refractivity contribution < 1.29 is 9.90 Å². The molecule has 0 bridgehead atoms. The van der Waals surface area contributed by atoms with Crippen LogP contribution in [0.15, 0.2) is 66.0 Å². The van der Waals surface area contributed by atoms with Gasteiger partial charge in [0.05, 0.1) is 35.5 Å². The first-order chi connectivity index (χ1) is 17.0. The Labute approximate surface area is 199 Å². The van der Waals surface area contributed by atoms with Gasteiger partial charge in [0.1, 0.15) is 5.39 Å². The number of nitrogens with one attached hydrogen (secondary N) is 2. The highest BCUT2D eigenvalue weighted by molar-refractivity contribution is 5.97. The molecule has 3 N–H and O–H groups in total. The monoisotopic (exact) mass is 469 g/mol. The van der Waals surface area contributed by atoms with Crippen LogP contribution < -0.4 is 5.56 Å². The van der Waals surface area contributed by atoms with Crippen LogP contribution >= 0.6 is 0 Å². The van der Waals surface area contributed by atoms with Crippen LogP contribution in [0.4, 0.5) is 0 Å². The van der Waals surface area contributed by atoms with Gasteiger partial charge in [0.25, 0.3) is 11.5 Å². The number of amides is 1. The number of nitrogens with zero attached hydrogens (tertiary/aromatic N) is 5. The molecular formula is C25H23N7O3. The average molecular weight is 470 g/mol. The molecule has 1 amide bonds. The third kappa shape index (κ3) is 3.87. The van der Waals surface area contributed by atoms with E-state index < -0.39 is 5.60 Å². The summed E-state index contributed by atoms with van der Waals surface area (Å²) in [5.41, 5.74) is 2.48. The summed E-state index contributed by atoms with van der Waals surface area (Å²) in [6.07, 6.45) is 6.00. The Hall–Kier alpha value is -4.31. The summed E-state index contributed by atoms with van der Waals surface area (Å²) >= 11 is 0. The van der Waals surface area contributed by atoms with E-state index in [-0.39, 0.29) is 11.5 Å². The van der Waals surface area contributed by atoms with Crippen molar-refractivity contribution in [2.75, 3.05) is 13.1 Å². The molecule has 4 heterocycles. The molecule has 3 aromatic heterocycles. The van der Waals surface area contributed by atoms with Crippen molar-refractivity contribution in [2.24, 2.45) is 0 Å². The molecule has 176 valence electrons. The normalized spacial score (nSPS) is 15.6. The van der Waals surface area contributed by atoms with E-state index in [9.17, 15) is 14.7 Å². The Bertz CT molecular complexity index is 1610. The summed E-state index contributed by atoms with van der Waals surface area (Å²) in [5.74, 6) is -0.0430. The summed E-state index contributed by atoms with van der Waals surface area (Å²) in [7, 11) is 0. The smallest absolute Gasteiger partial charge is 0.261 e. The van der Waals surface area contributed by atoms with Crippen LogP contribution in [0.1, 0.15) is 28.8 Å². The Morgan fingerprint density at radius 1 is 1.11 bits per heavy atom. The maximum Gasteiger partial charge on any atom is 0.261 e. The van der Waals surface area contributed by atoms with E-state index >= 15 is 0 Å². The number of piperidine rings is 1. The molecular weight excluding hydrogens is 446 g/mol. The van der Waals surface area contributed by atoms with E-state index in [4.69, 9.17) is 0 Å². The van der Waals surface area contributed by atoms with E-state index in [2.05, 4.69) is 25.3 Å². The molecule has 0 radical (unpaired) electrons. The summed E-state index contributed by atoms with van der Waals surface area (Å²) < 4.78 is 1.62. The topological polar surface area (TPSA) is 133 Å². The lowest BCUT2D eigenvalue weighted by atomic mass is 9.85. The maximum atomic E-state index is 13.0. The molecule has 35 heavy (non-hydrogen) atoms. The number of aromatic amines is 2. The fraction of sp³-hybridized carbons (Fsp3) is 0.240. The van der Waals surface area contributed by atoms with Gasteiger partial charge in [-0.25, -0.2) is 9.67 Å². The number of rotatable bonds is 4. The second-order valence-electron chi connectivity index (χ2n) is 9.06. The van der Waals surface area contributed by atoms with Crippen molar-refractivity contribution in [1.29, 1.82) is 0 Å². The fourth-order valence-corrected chi connectivity index (χ4v) is 4.78. The standard InChI is InChI=1S/C25H23N7O3/c33-23-20-14-29-32(22(20)26-15-27-23)19-3-1-2-16(10-19)12-25(35)6-8-31(9-7-25)24(34)17-4-5-18-13-28-30-21(18)11-17/h1-5,10-11,13-15,35H,6-9,12H2,(H,28,30)(H,26,27,33). The first-order valence-electron chi connectivity index (χ1n) is 11.4.